The fourth-order valence-corrected chi connectivity index (χ4v) is 2.60. The van der Waals surface area contributed by atoms with Gasteiger partial charge in [-0.2, -0.15) is 0 Å². The maximum atomic E-state index is 12.1. The third-order valence-electron chi connectivity index (χ3n) is 3.45. The van der Waals surface area contributed by atoms with E-state index in [-0.39, 0.29) is 18.0 Å². The second-order valence-corrected chi connectivity index (χ2v) is 5.87. The number of carbonyl (C=O) groups excluding carboxylic acids is 1. The molecule has 2 aromatic rings. The number of amides is 1. The van der Waals surface area contributed by atoms with E-state index in [1.807, 2.05) is 13.0 Å². The van der Waals surface area contributed by atoms with Crippen LogP contribution in [0.5, 0.6) is 0 Å². The minimum absolute atomic E-state index is 0.0941. The van der Waals surface area contributed by atoms with Gasteiger partial charge in [-0.15, -0.1) is 5.10 Å². The van der Waals surface area contributed by atoms with Crippen LogP contribution in [0.25, 0.3) is 0 Å². The van der Waals surface area contributed by atoms with Gasteiger partial charge < -0.3 is 9.73 Å². The maximum Gasteiger partial charge on any atom is 0.322 e. The zero-order valence-electron chi connectivity index (χ0n) is 11.5. The number of hydrogen-bond donors (Lipinski definition) is 2. The van der Waals surface area contributed by atoms with E-state index in [1.54, 1.807) is 12.1 Å². The first-order valence-corrected chi connectivity index (χ1v) is 7.57. The Labute approximate surface area is 130 Å². The van der Waals surface area contributed by atoms with Crippen molar-refractivity contribution >= 4 is 27.9 Å². The van der Waals surface area contributed by atoms with Gasteiger partial charge in [0.1, 0.15) is 0 Å². The summed E-state index contributed by atoms with van der Waals surface area (Å²) in [6, 6.07) is 5.61. The van der Waals surface area contributed by atoms with Crippen molar-refractivity contribution in [2.24, 2.45) is 0 Å². The van der Waals surface area contributed by atoms with Crippen LogP contribution in [0, 0.1) is 6.92 Å². The summed E-state index contributed by atoms with van der Waals surface area (Å²) in [7, 11) is 0. The highest BCUT2D eigenvalue weighted by Gasteiger charge is 2.22. The fraction of sp³-hybridized carbons (Fsp3) is 0.357. The first-order valence-electron chi connectivity index (χ1n) is 6.78. The summed E-state index contributed by atoms with van der Waals surface area (Å²) in [5, 5.41) is 13.7. The van der Waals surface area contributed by atoms with Gasteiger partial charge in [-0.05, 0) is 44.0 Å². The summed E-state index contributed by atoms with van der Waals surface area (Å²) < 4.78 is 6.37. The molecule has 1 aromatic heterocycles. The standard InChI is InChI=1S/C14H15BrN4O2/c1-8-4-5-9(7-10(8)15)12(20)17-14-19-18-13(21-14)11-3-2-6-16-11/h4-5,7,11,16H,2-3,6H2,1H3,(H,17,19,20). The highest BCUT2D eigenvalue weighted by Crippen LogP contribution is 2.23. The van der Waals surface area contributed by atoms with Crippen LogP contribution in [0.2, 0.25) is 0 Å². The Bertz CT molecular complexity index is 665. The lowest BCUT2D eigenvalue weighted by molar-refractivity contribution is 0.102. The van der Waals surface area contributed by atoms with E-state index in [4.69, 9.17) is 4.42 Å². The molecule has 110 valence electrons. The predicted molar refractivity (Wildman–Crippen MR) is 81.1 cm³/mol. The van der Waals surface area contributed by atoms with Gasteiger partial charge in [0.15, 0.2) is 0 Å². The van der Waals surface area contributed by atoms with Gasteiger partial charge in [0.2, 0.25) is 5.89 Å². The minimum atomic E-state index is -0.273. The van der Waals surface area contributed by atoms with Crippen molar-refractivity contribution in [1.82, 2.24) is 15.5 Å². The van der Waals surface area contributed by atoms with Crippen LogP contribution in [0.15, 0.2) is 27.1 Å². The monoisotopic (exact) mass is 350 g/mol. The van der Waals surface area contributed by atoms with Crippen molar-refractivity contribution in [1.29, 1.82) is 0 Å². The van der Waals surface area contributed by atoms with E-state index in [0.29, 0.717) is 11.5 Å². The molecule has 0 radical (unpaired) electrons. The van der Waals surface area contributed by atoms with Crippen molar-refractivity contribution in [2.45, 2.75) is 25.8 Å². The number of aromatic nitrogens is 2. The lowest BCUT2D eigenvalue weighted by Gasteiger charge is -2.04. The number of nitrogens with zero attached hydrogens (tertiary/aromatic N) is 2. The molecule has 1 atom stereocenters. The van der Waals surface area contributed by atoms with Crippen LogP contribution in [0.4, 0.5) is 6.01 Å². The molecule has 2 N–H and O–H groups in total. The summed E-state index contributed by atoms with van der Waals surface area (Å²) in [4.78, 5) is 12.1. The number of rotatable bonds is 3. The molecule has 0 aliphatic carbocycles. The molecular weight excluding hydrogens is 336 g/mol. The molecule has 7 heteroatoms. The molecule has 0 saturated carbocycles. The van der Waals surface area contributed by atoms with Crippen molar-refractivity contribution in [3.63, 3.8) is 0 Å². The molecule has 21 heavy (non-hydrogen) atoms. The Hall–Kier alpha value is -1.73. The van der Waals surface area contributed by atoms with Crippen molar-refractivity contribution < 1.29 is 9.21 Å². The first kappa shape index (κ1) is 14.2. The van der Waals surface area contributed by atoms with Crippen LogP contribution in [-0.4, -0.2) is 22.6 Å². The molecule has 1 aliphatic rings. The molecule has 2 heterocycles. The zero-order valence-corrected chi connectivity index (χ0v) is 13.1. The normalized spacial score (nSPS) is 17.9. The number of benzene rings is 1. The quantitative estimate of drug-likeness (QED) is 0.889. The molecule has 1 fully saturated rings. The smallest absolute Gasteiger partial charge is 0.322 e. The van der Waals surface area contributed by atoms with Crippen molar-refractivity contribution in [2.75, 3.05) is 11.9 Å². The number of carbonyl (C=O) groups is 1. The molecule has 1 saturated heterocycles. The molecule has 3 rings (SSSR count). The Morgan fingerprint density at radius 2 is 2.33 bits per heavy atom. The fourth-order valence-electron chi connectivity index (χ4n) is 2.22. The van der Waals surface area contributed by atoms with Crippen LogP contribution in [0.3, 0.4) is 0 Å². The maximum absolute atomic E-state index is 12.1. The van der Waals surface area contributed by atoms with E-state index >= 15 is 0 Å². The van der Waals surface area contributed by atoms with Gasteiger partial charge in [0.05, 0.1) is 6.04 Å². The summed E-state index contributed by atoms with van der Waals surface area (Å²) in [6.07, 6.45) is 2.06. The van der Waals surface area contributed by atoms with E-state index in [2.05, 4.69) is 36.8 Å². The second kappa shape index (κ2) is 5.95. The van der Waals surface area contributed by atoms with Crippen LogP contribution >= 0.6 is 15.9 Å². The summed E-state index contributed by atoms with van der Waals surface area (Å²) in [5.74, 6) is 0.248. The van der Waals surface area contributed by atoms with Crippen LogP contribution in [0.1, 0.15) is 40.7 Å². The van der Waals surface area contributed by atoms with Crippen LogP contribution < -0.4 is 10.6 Å². The number of aryl methyl sites for hydroxylation is 1. The minimum Gasteiger partial charge on any atom is -0.406 e. The Kier molecular flexibility index (Phi) is 4.03. The van der Waals surface area contributed by atoms with Gasteiger partial charge in [-0.1, -0.05) is 27.1 Å². The molecule has 1 aliphatic heterocycles. The third kappa shape index (κ3) is 3.14. The summed E-state index contributed by atoms with van der Waals surface area (Å²) in [6.45, 7) is 2.91. The van der Waals surface area contributed by atoms with Crippen LogP contribution in [-0.2, 0) is 0 Å². The van der Waals surface area contributed by atoms with Gasteiger partial charge in [-0.3, -0.25) is 10.1 Å². The molecule has 1 aromatic carbocycles. The lowest BCUT2D eigenvalue weighted by Crippen LogP contribution is -2.13. The van der Waals surface area contributed by atoms with Gasteiger partial charge in [-0.25, -0.2) is 0 Å². The predicted octanol–water partition coefficient (Wildman–Crippen LogP) is 2.82. The highest BCUT2D eigenvalue weighted by molar-refractivity contribution is 9.10. The van der Waals surface area contributed by atoms with Crippen molar-refractivity contribution in [3.8, 4) is 0 Å². The second-order valence-electron chi connectivity index (χ2n) is 5.01. The Morgan fingerprint density at radius 3 is 3.05 bits per heavy atom. The topological polar surface area (TPSA) is 80.0 Å². The average Bonchev–Trinajstić information content (AvgIpc) is 3.12. The van der Waals surface area contributed by atoms with E-state index in [1.165, 1.54) is 0 Å². The zero-order chi connectivity index (χ0) is 14.8. The number of halogens is 1. The van der Waals surface area contributed by atoms with Gasteiger partial charge >= 0.3 is 6.01 Å². The first-order chi connectivity index (χ1) is 10.1. The Morgan fingerprint density at radius 1 is 1.48 bits per heavy atom. The highest BCUT2D eigenvalue weighted by atomic mass is 79.9. The van der Waals surface area contributed by atoms with Gasteiger partial charge in [0, 0.05) is 10.0 Å². The lowest BCUT2D eigenvalue weighted by atomic mass is 10.1. The molecular formula is C14H15BrN4O2. The number of nitrogens with one attached hydrogen (secondary N) is 2. The van der Waals surface area contributed by atoms with E-state index in [0.717, 1.165) is 29.4 Å². The van der Waals surface area contributed by atoms with Gasteiger partial charge in [0.25, 0.3) is 5.91 Å². The third-order valence-corrected chi connectivity index (χ3v) is 4.31. The largest absolute Gasteiger partial charge is 0.406 e. The molecule has 0 spiro atoms. The summed E-state index contributed by atoms with van der Waals surface area (Å²) >= 11 is 3.41. The number of anilines is 1. The number of hydrogen-bond acceptors (Lipinski definition) is 5. The Balaban J connectivity index is 1.70. The SMILES string of the molecule is Cc1ccc(C(=O)Nc2nnc(C3CCCN3)o2)cc1Br. The van der Waals surface area contributed by atoms with E-state index < -0.39 is 0 Å². The molecule has 1 amide bonds. The van der Waals surface area contributed by atoms with Crippen molar-refractivity contribution in [3.05, 3.63) is 39.7 Å². The molecule has 1 unspecified atom stereocenters. The molecule has 0 bridgehead atoms. The van der Waals surface area contributed by atoms with E-state index in [9.17, 15) is 4.79 Å². The average molecular weight is 351 g/mol. The summed E-state index contributed by atoms with van der Waals surface area (Å²) in [5.41, 5.74) is 1.60. The molecule has 6 nitrogen and oxygen atoms in total.